The van der Waals surface area contributed by atoms with E-state index in [1.54, 1.807) is 24.3 Å². The SMILES string of the molecule is O=C(Nc1cccc(C(=O)N2CCCCCC2)c1)[C@@H]1[C@H]2C[C@H]3[C@H](OC(=O)[C@H]31)[C@@H]2Br. The third-order valence-corrected chi connectivity index (χ3v) is 8.30. The van der Waals surface area contributed by atoms with Crippen molar-refractivity contribution in [1.82, 2.24) is 4.90 Å². The molecule has 2 aliphatic heterocycles. The van der Waals surface area contributed by atoms with Gasteiger partial charge in [0.1, 0.15) is 6.10 Å². The zero-order valence-electron chi connectivity index (χ0n) is 16.2. The van der Waals surface area contributed by atoms with E-state index in [-0.39, 0.29) is 52.4 Å². The Bertz CT molecular complexity index is 851. The molecule has 2 heterocycles. The van der Waals surface area contributed by atoms with Crippen LogP contribution in [0.3, 0.4) is 0 Å². The maximum absolute atomic E-state index is 13.1. The van der Waals surface area contributed by atoms with Gasteiger partial charge in [-0.1, -0.05) is 34.8 Å². The molecule has 0 spiro atoms. The first-order valence-corrected chi connectivity index (χ1v) is 11.5. The fourth-order valence-corrected chi connectivity index (χ4v) is 6.79. The first kappa shape index (κ1) is 19.1. The monoisotopic (exact) mass is 460 g/mol. The second-order valence-electron chi connectivity index (χ2n) is 8.74. The summed E-state index contributed by atoms with van der Waals surface area (Å²) in [5.74, 6) is -0.822. The molecule has 0 radical (unpaired) electrons. The summed E-state index contributed by atoms with van der Waals surface area (Å²) >= 11 is 3.64. The lowest BCUT2D eigenvalue weighted by Gasteiger charge is -2.27. The van der Waals surface area contributed by atoms with Crippen molar-refractivity contribution in [3.63, 3.8) is 0 Å². The van der Waals surface area contributed by atoms with Gasteiger partial charge >= 0.3 is 5.97 Å². The molecule has 6 atom stereocenters. The van der Waals surface area contributed by atoms with Gasteiger partial charge in [0.15, 0.2) is 0 Å². The van der Waals surface area contributed by atoms with Gasteiger partial charge < -0.3 is 15.0 Å². The van der Waals surface area contributed by atoms with Gasteiger partial charge in [0.25, 0.3) is 5.91 Å². The third-order valence-electron chi connectivity index (χ3n) is 7.10. The maximum atomic E-state index is 13.1. The molecule has 29 heavy (non-hydrogen) atoms. The number of halogens is 1. The molecule has 2 aliphatic carbocycles. The zero-order valence-corrected chi connectivity index (χ0v) is 17.8. The van der Waals surface area contributed by atoms with Gasteiger partial charge in [-0.2, -0.15) is 0 Å². The lowest BCUT2D eigenvalue weighted by atomic mass is 9.79. The fraction of sp³-hybridized carbons (Fsp3) is 0.591. The van der Waals surface area contributed by atoms with Crippen LogP contribution in [0, 0.1) is 23.7 Å². The number of amides is 2. The summed E-state index contributed by atoms with van der Waals surface area (Å²) in [6, 6.07) is 7.15. The molecule has 7 heteroatoms. The normalized spacial score (nSPS) is 35.3. The Kier molecular flexibility index (Phi) is 4.88. The van der Waals surface area contributed by atoms with Crippen LogP contribution in [0.1, 0.15) is 42.5 Å². The van der Waals surface area contributed by atoms with Crippen molar-refractivity contribution in [3.05, 3.63) is 29.8 Å². The smallest absolute Gasteiger partial charge is 0.310 e. The molecule has 6 nitrogen and oxygen atoms in total. The van der Waals surface area contributed by atoms with Crippen molar-refractivity contribution in [2.24, 2.45) is 23.7 Å². The predicted molar refractivity (Wildman–Crippen MR) is 111 cm³/mol. The molecule has 4 fully saturated rings. The van der Waals surface area contributed by atoms with Gasteiger partial charge in [0.2, 0.25) is 5.91 Å². The van der Waals surface area contributed by atoms with E-state index in [9.17, 15) is 14.4 Å². The Morgan fingerprint density at radius 3 is 2.62 bits per heavy atom. The van der Waals surface area contributed by atoms with Crippen molar-refractivity contribution >= 4 is 39.4 Å². The van der Waals surface area contributed by atoms with E-state index in [2.05, 4.69) is 21.2 Å². The lowest BCUT2D eigenvalue weighted by molar-refractivity contribution is -0.145. The Labute approximate surface area is 178 Å². The summed E-state index contributed by atoms with van der Waals surface area (Å²) in [7, 11) is 0. The highest BCUT2D eigenvalue weighted by Gasteiger charge is 2.67. The summed E-state index contributed by atoms with van der Waals surface area (Å²) in [5.41, 5.74) is 1.20. The molecule has 2 saturated heterocycles. The van der Waals surface area contributed by atoms with Crippen molar-refractivity contribution < 1.29 is 19.1 Å². The summed E-state index contributed by atoms with van der Waals surface area (Å²) < 4.78 is 5.49. The van der Waals surface area contributed by atoms with Crippen LogP contribution in [0.2, 0.25) is 0 Å². The van der Waals surface area contributed by atoms with Crippen molar-refractivity contribution in [3.8, 4) is 0 Å². The summed E-state index contributed by atoms with van der Waals surface area (Å²) in [5, 5.41) is 2.96. The van der Waals surface area contributed by atoms with Crippen LogP contribution in [0.15, 0.2) is 24.3 Å². The molecule has 0 aromatic heterocycles. The van der Waals surface area contributed by atoms with E-state index in [1.807, 2.05) is 4.90 Å². The molecule has 1 aromatic rings. The molecule has 2 bridgehead atoms. The quantitative estimate of drug-likeness (QED) is 0.554. The minimum absolute atomic E-state index is 0.0191. The Hall–Kier alpha value is -1.89. The number of esters is 1. The highest BCUT2D eigenvalue weighted by atomic mass is 79.9. The minimum atomic E-state index is -0.374. The van der Waals surface area contributed by atoms with Crippen LogP contribution in [-0.2, 0) is 14.3 Å². The molecule has 1 N–H and O–H groups in total. The zero-order chi connectivity index (χ0) is 20.1. The van der Waals surface area contributed by atoms with Gasteiger partial charge in [-0.25, -0.2) is 0 Å². The summed E-state index contributed by atoms with van der Waals surface area (Å²) in [4.78, 5) is 40.2. The molecule has 2 amide bonds. The number of benzene rings is 1. The van der Waals surface area contributed by atoms with Crippen molar-refractivity contribution in [1.29, 1.82) is 0 Å². The molecular weight excluding hydrogens is 436 g/mol. The molecule has 2 saturated carbocycles. The topological polar surface area (TPSA) is 75.7 Å². The summed E-state index contributed by atoms with van der Waals surface area (Å²) in [6.45, 7) is 1.58. The van der Waals surface area contributed by atoms with Gasteiger partial charge in [0, 0.05) is 30.3 Å². The van der Waals surface area contributed by atoms with E-state index in [1.165, 1.54) is 12.8 Å². The minimum Gasteiger partial charge on any atom is -0.461 e. The number of carbonyl (C=O) groups excluding carboxylic acids is 3. The van der Waals surface area contributed by atoms with E-state index in [0.717, 1.165) is 32.4 Å². The second kappa shape index (κ2) is 7.42. The molecule has 5 rings (SSSR count). The second-order valence-corrected chi connectivity index (χ2v) is 9.79. The average molecular weight is 461 g/mol. The molecular formula is C22H25BrN2O4. The van der Waals surface area contributed by atoms with Crippen LogP contribution in [0.5, 0.6) is 0 Å². The number of nitrogens with one attached hydrogen (secondary N) is 1. The number of alkyl halides is 1. The number of likely N-dealkylation sites (tertiary alicyclic amines) is 1. The van der Waals surface area contributed by atoms with E-state index >= 15 is 0 Å². The van der Waals surface area contributed by atoms with Crippen LogP contribution in [0.25, 0.3) is 0 Å². The number of hydrogen-bond donors (Lipinski definition) is 1. The largest absolute Gasteiger partial charge is 0.461 e. The Morgan fingerprint density at radius 1 is 1.10 bits per heavy atom. The van der Waals surface area contributed by atoms with Gasteiger partial charge in [-0.3, -0.25) is 14.4 Å². The van der Waals surface area contributed by atoms with Crippen LogP contribution >= 0.6 is 15.9 Å². The van der Waals surface area contributed by atoms with Crippen LogP contribution in [0.4, 0.5) is 5.69 Å². The molecule has 1 aromatic carbocycles. The molecule has 0 unspecified atom stereocenters. The predicted octanol–water partition coefficient (Wildman–Crippen LogP) is 3.21. The summed E-state index contributed by atoms with van der Waals surface area (Å²) in [6.07, 6.45) is 5.18. The Morgan fingerprint density at radius 2 is 1.86 bits per heavy atom. The van der Waals surface area contributed by atoms with Gasteiger partial charge in [-0.05, 0) is 43.4 Å². The number of anilines is 1. The first-order chi connectivity index (χ1) is 14.0. The number of hydrogen-bond acceptors (Lipinski definition) is 4. The standard InChI is InChI=1S/C22H25BrN2O4/c23-18-14-11-15-17(22(28)29-19(15)18)16(14)20(26)24-13-7-5-6-12(10-13)21(27)25-8-3-1-2-4-9-25/h5-7,10,14-19H,1-4,8-9,11H2,(H,24,26)/t14-,15-,16-,17-,18-,19+/m1/s1. The van der Waals surface area contributed by atoms with E-state index in [0.29, 0.717) is 11.3 Å². The lowest BCUT2D eigenvalue weighted by Crippen LogP contribution is -2.40. The van der Waals surface area contributed by atoms with Crippen molar-refractivity contribution in [2.75, 3.05) is 18.4 Å². The van der Waals surface area contributed by atoms with Gasteiger partial charge in [0.05, 0.1) is 16.7 Å². The number of carbonyl (C=O) groups is 3. The highest BCUT2D eigenvalue weighted by molar-refractivity contribution is 9.09. The number of rotatable bonds is 3. The van der Waals surface area contributed by atoms with E-state index < -0.39 is 0 Å². The van der Waals surface area contributed by atoms with E-state index in [4.69, 9.17) is 4.74 Å². The Balaban J connectivity index is 1.31. The molecule has 154 valence electrons. The average Bonchev–Trinajstić information content (AvgIpc) is 3.22. The van der Waals surface area contributed by atoms with Crippen LogP contribution in [-0.4, -0.2) is 46.7 Å². The first-order valence-electron chi connectivity index (χ1n) is 10.6. The number of ether oxygens (including phenoxy) is 1. The number of fused-ring (bicyclic) bond motifs is 1. The number of nitrogens with zero attached hydrogens (tertiary/aromatic N) is 1. The molecule has 4 aliphatic rings. The van der Waals surface area contributed by atoms with Crippen LogP contribution < -0.4 is 5.32 Å². The third kappa shape index (κ3) is 3.18. The fourth-order valence-electron chi connectivity index (χ4n) is 5.74. The maximum Gasteiger partial charge on any atom is 0.310 e. The highest BCUT2D eigenvalue weighted by Crippen LogP contribution is 2.60. The van der Waals surface area contributed by atoms with Crippen molar-refractivity contribution in [2.45, 2.75) is 43.0 Å². The van der Waals surface area contributed by atoms with Gasteiger partial charge in [-0.15, -0.1) is 0 Å².